The molecule has 4 rings (SSSR count). The number of halogens is 2. The van der Waals surface area contributed by atoms with Gasteiger partial charge in [-0.1, -0.05) is 65.6 Å². The van der Waals surface area contributed by atoms with Gasteiger partial charge in [0, 0.05) is 30.2 Å². The molecule has 1 saturated heterocycles. The van der Waals surface area contributed by atoms with Crippen LogP contribution in [-0.2, 0) is 14.8 Å². The second-order valence-corrected chi connectivity index (χ2v) is 12.4. The number of sulfonamides is 1. The summed E-state index contributed by atoms with van der Waals surface area (Å²) in [6.07, 6.45) is 5.06. The van der Waals surface area contributed by atoms with Crippen molar-refractivity contribution in [3.05, 3.63) is 88.4 Å². The molecule has 2 amide bonds. The summed E-state index contributed by atoms with van der Waals surface area (Å²) in [5, 5.41) is 7.01. The Morgan fingerprint density at radius 3 is 2.29 bits per heavy atom. The third kappa shape index (κ3) is 7.95. The average Bonchev–Trinajstić information content (AvgIpc) is 3.00. The predicted molar refractivity (Wildman–Crippen MR) is 164 cm³/mol. The summed E-state index contributed by atoms with van der Waals surface area (Å²) in [5.41, 5.74) is 0.456. The van der Waals surface area contributed by atoms with E-state index < -0.39 is 15.9 Å². The second kappa shape index (κ2) is 14.7. The van der Waals surface area contributed by atoms with Crippen molar-refractivity contribution in [3.63, 3.8) is 0 Å². The van der Waals surface area contributed by atoms with Gasteiger partial charge in [0.25, 0.3) is 21.8 Å². The standard InChI is InChI=1S/C30H34Cl2N4O5S/c1-2-3-20-35(34-18-8-5-9-19-34)29(37)22-33-30(38)23-12-15-26(16-13-23)42(39,40)36(25-10-6-4-7-11-25)41-28-17-14-24(31)21-27(28)32/h4,6-7,10-17,21H,2-3,5,8-9,18-20,22H2,1H3,(H,33,38). The molecule has 42 heavy (non-hydrogen) atoms. The number of hydrogen-bond acceptors (Lipinski definition) is 6. The summed E-state index contributed by atoms with van der Waals surface area (Å²) >= 11 is 12.2. The number of amides is 2. The molecule has 224 valence electrons. The first-order valence-corrected chi connectivity index (χ1v) is 16.1. The number of hydrogen-bond donors (Lipinski definition) is 1. The monoisotopic (exact) mass is 632 g/mol. The highest BCUT2D eigenvalue weighted by Crippen LogP contribution is 2.32. The first kappa shape index (κ1) is 31.6. The van der Waals surface area contributed by atoms with Gasteiger partial charge in [-0.05, 0) is 73.9 Å². The van der Waals surface area contributed by atoms with Crippen LogP contribution >= 0.6 is 23.2 Å². The van der Waals surface area contributed by atoms with E-state index in [9.17, 15) is 18.0 Å². The lowest BCUT2D eigenvalue weighted by molar-refractivity contribution is -0.150. The van der Waals surface area contributed by atoms with Crippen LogP contribution in [0.5, 0.6) is 5.75 Å². The highest BCUT2D eigenvalue weighted by molar-refractivity contribution is 7.92. The molecule has 1 aliphatic rings. The summed E-state index contributed by atoms with van der Waals surface area (Å²) in [6, 6.07) is 18.1. The molecule has 1 fully saturated rings. The van der Waals surface area contributed by atoms with Crippen molar-refractivity contribution in [1.29, 1.82) is 0 Å². The summed E-state index contributed by atoms with van der Waals surface area (Å²) in [6.45, 7) is 4.18. The largest absolute Gasteiger partial charge is 0.363 e. The smallest absolute Gasteiger partial charge is 0.295 e. The van der Waals surface area contributed by atoms with Crippen LogP contribution in [0.2, 0.25) is 10.0 Å². The number of carbonyl (C=O) groups is 2. The average molecular weight is 634 g/mol. The first-order valence-electron chi connectivity index (χ1n) is 13.9. The van der Waals surface area contributed by atoms with E-state index in [4.69, 9.17) is 28.0 Å². The van der Waals surface area contributed by atoms with Gasteiger partial charge in [-0.25, -0.2) is 5.01 Å². The molecule has 0 saturated carbocycles. The lowest BCUT2D eigenvalue weighted by Gasteiger charge is -2.37. The minimum absolute atomic E-state index is 0.0895. The number of benzene rings is 3. The van der Waals surface area contributed by atoms with Gasteiger partial charge in [0.1, 0.15) is 0 Å². The van der Waals surface area contributed by atoms with Crippen LogP contribution in [-0.4, -0.2) is 56.4 Å². The van der Waals surface area contributed by atoms with Gasteiger partial charge in [0.05, 0.1) is 22.2 Å². The molecule has 1 aliphatic heterocycles. The third-order valence-corrected chi connectivity index (χ3v) is 8.88. The van der Waals surface area contributed by atoms with E-state index in [2.05, 4.69) is 17.2 Å². The Balaban J connectivity index is 1.48. The molecule has 12 heteroatoms. The van der Waals surface area contributed by atoms with Crippen LogP contribution in [0.15, 0.2) is 77.7 Å². The molecule has 0 unspecified atom stereocenters. The molecule has 0 aromatic heterocycles. The van der Waals surface area contributed by atoms with Gasteiger partial charge in [0.15, 0.2) is 5.75 Å². The highest BCUT2D eigenvalue weighted by Gasteiger charge is 2.29. The Labute approximate surface area is 256 Å². The van der Waals surface area contributed by atoms with Crippen LogP contribution in [0.1, 0.15) is 49.4 Å². The van der Waals surface area contributed by atoms with Gasteiger partial charge >= 0.3 is 0 Å². The number of hydrazine groups is 1. The molecule has 3 aromatic carbocycles. The summed E-state index contributed by atoms with van der Waals surface area (Å²) in [4.78, 5) is 31.6. The van der Waals surface area contributed by atoms with Gasteiger partial charge in [-0.15, -0.1) is 0 Å². The molecule has 0 radical (unpaired) electrons. The van der Waals surface area contributed by atoms with Gasteiger partial charge in [-0.2, -0.15) is 8.42 Å². The molecule has 0 atom stereocenters. The first-order chi connectivity index (χ1) is 20.2. The number of piperidine rings is 1. The van der Waals surface area contributed by atoms with Crippen molar-refractivity contribution in [2.24, 2.45) is 0 Å². The SMILES string of the molecule is CCCCN(C(=O)CNC(=O)c1ccc(S(=O)(=O)N(Oc2ccc(Cl)cc2Cl)c2ccccc2)cc1)N1CCCCC1. The second-order valence-electron chi connectivity index (χ2n) is 9.83. The maximum atomic E-state index is 13.7. The van der Waals surface area contributed by atoms with Crippen LogP contribution in [0, 0.1) is 0 Å². The van der Waals surface area contributed by atoms with Crippen molar-refractivity contribution in [3.8, 4) is 5.75 Å². The number of anilines is 1. The lowest BCUT2D eigenvalue weighted by atomic mass is 10.1. The molecular formula is C30H34Cl2N4O5S. The zero-order chi connectivity index (χ0) is 30.1. The molecule has 0 bridgehead atoms. The van der Waals surface area contributed by atoms with E-state index in [1.54, 1.807) is 35.3 Å². The molecule has 0 aliphatic carbocycles. The normalized spacial score (nSPS) is 13.8. The Hall–Kier alpha value is -3.31. The van der Waals surface area contributed by atoms with E-state index in [1.807, 2.05) is 0 Å². The number of nitrogens with one attached hydrogen (secondary N) is 1. The number of unbranched alkanes of at least 4 members (excludes halogenated alkanes) is 1. The third-order valence-electron chi connectivity index (χ3n) is 6.76. The number of rotatable bonds is 12. The fourth-order valence-corrected chi connectivity index (χ4v) is 6.19. The van der Waals surface area contributed by atoms with Crippen molar-refractivity contribution in [2.45, 2.75) is 43.9 Å². The molecule has 9 nitrogen and oxygen atoms in total. The zero-order valence-electron chi connectivity index (χ0n) is 23.3. The number of nitrogens with zero attached hydrogens (tertiary/aromatic N) is 3. The van der Waals surface area contributed by atoms with Crippen LogP contribution in [0.4, 0.5) is 5.69 Å². The summed E-state index contributed by atoms with van der Waals surface area (Å²) in [7, 11) is -4.26. The maximum Gasteiger partial charge on any atom is 0.295 e. The van der Waals surface area contributed by atoms with Gasteiger partial charge in [-0.3, -0.25) is 14.6 Å². The Morgan fingerprint density at radius 1 is 0.952 bits per heavy atom. The van der Waals surface area contributed by atoms with E-state index in [1.165, 1.54) is 42.5 Å². The molecule has 0 spiro atoms. The van der Waals surface area contributed by atoms with Crippen molar-refractivity contribution in [1.82, 2.24) is 15.3 Å². The number of para-hydroxylation sites is 1. The van der Waals surface area contributed by atoms with Gasteiger partial charge < -0.3 is 10.2 Å². The minimum atomic E-state index is -4.26. The van der Waals surface area contributed by atoms with Crippen LogP contribution < -0.4 is 14.6 Å². The van der Waals surface area contributed by atoms with E-state index in [-0.39, 0.29) is 39.4 Å². The topological polar surface area (TPSA) is 99.3 Å². The fourth-order valence-electron chi connectivity index (χ4n) is 4.50. The van der Waals surface area contributed by atoms with E-state index in [0.717, 1.165) is 49.7 Å². The lowest BCUT2D eigenvalue weighted by Crippen LogP contribution is -2.52. The number of carbonyl (C=O) groups excluding carboxylic acids is 2. The van der Waals surface area contributed by atoms with E-state index in [0.29, 0.717) is 11.6 Å². The van der Waals surface area contributed by atoms with Gasteiger partial charge in [0.2, 0.25) is 0 Å². The molecular weight excluding hydrogens is 599 g/mol. The Bertz CT molecular complexity index is 1470. The zero-order valence-corrected chi connectivity index (χ0v) is 25.7. The van der Waals surface area contributed by atoms with Crippen molar-refractivity contribution < 1.29 is 22.8 Å². The van der Waals surface area contributed by atoms with E-state index >= 15 is 0 Å². The van der Waals surface area contributed by atoms with Crippen LogP contribution in [0.3, 0.4) is 0 Å². The Morgan fingerprint density at radius 2 is 1.64 bits per heavy atom. The summed E-state index contributed by atoms with van der Waals surface area (Å²) in [5.74, 6) is -0.563. The van der Waals surface area contributed by atoms with Crippen molar-refractivity contribution in [2.75, 3.05) is 30.6 Å². The Kier molecular flexibility index (Phi) is 11.1. The van der Waals surface area contributed by atoms with Crippen molar-refractivity contribution >= 4 is 50.7 Å². The molecule has 1 N–H and O–H groups in total. The maximum absolute atomic E-state index is 13.7. The molecule has 1 heterocycles. The molecule has 3 aromatic rings. The van der Waals surface area contributed by atoms with Crippen LogP contribution in [0.25, 0.3) is 0 Å². The fraction of sp³-hybridized carbons (Fsp3) is 0.333. The highest BCUT2D eigenvalue weighted by atomic mass is 35.5. The minimum Gasteiger partial charge on any atom is -0.363 e. The summed E-state index contributed by atoms with van der Waals surface area (Å²) < 4.78 is 28.2. The predicted octanol–water partition coefficient (Wildman–Crippen LogP) is 5.94. The quantitative estimate of drug-likeness (QED) is 0.248.